The summed E-state index contributed by atoms with van der Waals surface area (Å²) in [5, 5.41) is 16.8. The van der Waals surface area contributed by atoms with Crippen molar-refractivity contribution in [3.63, 3.8) is 0 Å². The topological polar surface area (TPSA) is 215 Å². The Balaban J connectivity index is 3.05. The molecule has 4 unspecified atom stereocenters. The molecule has 3 amide bonds. The molecule has 4 atom stereocenters. The molecule has 0 fully saturated rings. The second kappa shape index (κ2) is 14.8. The van der Waals surface area contributed by atoms with Gasteiger partial charge in [-0.1, -0.05) is 30.3 Å². The zero-order chi connectivity index (χ0) is 25.7. The first-order chi connectivity index (χ1) is 16.0. The molecular weight excluding hydrogens is 462 g/mol. The molecule has 0 aliphatic rings. The van der Waals surface area contributed by atoms with Crippen molar-refractivity contribution in [2.75, 3.05) is 12.3 Å². The summed E-state index contributed by atoms with van der Waals surface area (Å²) < 4.78 is 0. The minimum atomic E-state index is -1.25. The fraction of sp³-hybridized carbons (Fsp3) is 0.476. The highest BCUT2D eigenvalue weighted by Crippen LogP contribution is 2.07. The number of hydrogen-bond acceptors (Lipinski definition) is 7. The second-order valence-corrected chi connectivity index (χ2v) is 8.00. The number of nitrogens with one attached hydrogen (secondary N) is 3. The summed E-state index contributed by atoms with van der Waals surface area (Å²) in [6.07, 6.45) is 0.639. The van der Waals surface area contributed by atoms with Gasteiger partial charge >= 0.3 is 5.97 Å². The van der Waals surface area contributed by atoms with Crippen LogP contribution in [0, 0.1) is 0 Å². The zero-order valence-electron chi connectivity index (χ0n) is 18.9. The van der Waals surface area contributed by atoms with Crippen molar-refractivity contribution >= 4 is 42.3 Å². The number of benzene rings is 1. The fourth-order valence-electron chi connectivity index (χ4n) is 2.86. The van der Waals surface area contributed by atoms with Gasteiger partial charge in [-0.05, 0) is 25.3 Å². The van der Waals surface area contributed by atoms with Crippen molar-refractivity contribution in [2.24, 2.45) is 22.2 Å². The van der Waals surface area contributed by atoms with E-state index in [4.69, 9.17) is 17.2 Å². The lowest BCUT2D eigenvalue weighted by Gasteiger charge is -2.25. The summed E-state index contributed by atoms with van der Waals surface area (Å²) in [6, 6.07) is 4.67. The zero-order valence-corrected chi connectivity index (χ0v) is 19.8. The molecule has 0 aliphatic carbocycles. The molecule has 0 aliphatic heterocycles. The van der Waals surface area contributed by atoms with Crippen LogP contribution < -0.4 is 33.2 Å². The third kappa shape index (κ3) is 10.5. The number of carbonyl (C=O) groups excluding carboxylic acids is 3. The number of amides is 3. The van der Waals surface area contributed by atoms with Gasteiger partial charge < -0.3 is 38.3 Å². The Morgan fingerprint density at radius 3 is 2.06 bits per heavy atom. The average Bonchev–Trinajstić information content (AvgIpc) is 2.78. The summed E-state index contributed by atoms with van der Waals surface area (Å²) in [4.78, 5) is 53.2. The van der Waals surface area contributed by atoms with E-state index in [1.165, 1.54) is 6.92 Å². The Morgan fingerprint density at radius 1 is 0.971 bits per heavy atom. The molecule has 0 aromatic heterocycles. The monoisotopic (exact) mass is 495 g/mol. The Bertz CT molecular complexity index is 862. The van der Waals surface area contributed by atoms with E-state index in [1.807, 2.05) is 0 Å². The molecule has 0 bridgehead atoms. The van der Waals surface area contributed by atoms with E-state index in [0.29, 0.717) is 6.42 Å². The first kappa shape index (κ1) is 28.7. The van der Waals surface area contributed by atoms with Crippen molar-refractivity contribution in [3.05, 3.63) is 35.9 Å². The summed E-state index contributed by atoms with van der Waals surface area (Å²) in [5.74, 6) is -3.37. The summed E-state index contributed by atoms with van der Waals surface area (Å²) in [7, 11) is 0. The third-order valence-corrected chi connectivity index (χ3v) is 5.07. The molecule has 0 radical (unpaired) electrons. The molecule has 0 saturated carbocycles. The van der Waals surface area contributed by atoms with Gasteiger partial charge in [0.05, 0.1) is 6.04 Å². The SMILES string of the molecule is CC(N)C(=O)NC(CCCN=C(N)N)C(=O)NC(Cc1ccccc1)C(=O)NC(CS)C(=O)O. The lowest BCUT2D eigenvalue weighted by atomic mass is 10.0. The number of hydrogen-bond donors (Lipinski definition) is 8. The van der Waals surface area contributed by atoms with Gasteiger partial charge in [-0.15, -0.1) is 0 Å². The Kier molecular flexibility index (Phi) is 12.5. The van der Waals surface area contributed by atoms with Crippen molar-refractivity contribution in [3.8, 4) is 0 Å². The second-order valence-electron chi connectivity index (χ2n) is 7.63. The molecule has 34 heavy (non-hydrogen) atoms. The normalized spacial score (nSPS) is 14.1. The number of carboxylic acid groups (broad SMARTS) is 1. The molecular formula is C21H33N7O5S. The first-order valence-electron chi connectivity index (χ1n) is 10.6. The number of nitrogens with two attached hydrogens (primary N) is 3. The highest BCUT2D eigenvalue weighted by atomic mass is 32.1. The molecule has 1 rings (SSSR count). The minimum absolute atomic E-state index is 0.0965. The average molecular weight is 496 g/mol. The molecule has 13 heteroatoms. The summed E-state index contributed by atoms with van der Waals surface area (Å²) in [5.41, 5.74) is 17.0. The minimum Gasteiger partial charge on any atom is -0.480 e. The lowest BCUT2D eigenvalue weighted by Crippen LogP contribution is -2.57. The van der Waals surface area contributed by atoms with E-state index in [1.54, 1.807) is 30.3 Å². The standard InChI is InChI=1S/C21H33N7O5S/c1-12(22)17(29)26-14(8-5-9-25-21(23)24)18(30)27-15(10-13-6-3-2-4-7-13)19(31)28-16(11-34)20(32)33/h2-4,6-7,12,14-16,34H,5,8-11,22H2,1H3,(H,26,29)(H,27,30)(H,28,31)(H,32,33)(H4,23,24,25). The van der Waals surface area contributed by atoms with E-state index in [-0.39, 0.29) is 31.1 Å². The Morgan fingerprint density at radius 2 is 1.53 bits per heavy atom. The van der Waals surface area contributed by atoms with Gasteiger partial charge in [0.1, 0.15) is 18.1 Å². The van der Waals surface area contributed by atoms with Gasteiger partial charge in [0.15, 0.2) is 5.96 Å². The van der Waals surface area contributed by atoms with Gasteiger partial charge in [0.25, 0.3) is 0 Å². The van der Waals surface area contributed by atoms with Crippen molar-refractivity contribution in [1.82, 2.24) is 16.0 Å². The van der Waals surface area contributed by atoms with Gasteiger partial charge in [0, 0.05) is 18.7 Å². The van der Waals surface area contributed by atoms with E-state index in [0.717, 1.165) is 5.56 Å². The van der Waals surface area contributed by atoms with Crippen LogP contribution in [0.25, 0.3) is 0 Å². The van der Waals surface area contributed by atoms with Crippen molar-refractivity contribution < 1.29 is 24.3 Å². The maximum absolute atomic E-state index is 13.1. The molecule has 0 spiro atoms. The van der Waals surface area contributed by atoms with Crippen LogP contribution in [-0.4, -0.2) is 71.2 Å². The lowest BCUT2D eigenvalue weighted by molar-refractivity contribution is -0.141. The smallest absolute Gasteiger partial charge is 0.327 e. The van der Waals surface area contributed by atoms with Gasteiger partial charge in [-0.2, -0.15) is 12.6 Å². The number of guanidine groups is 1. The highest BCUT2D eigenvalue weighted by Gasteiger charge is 2.29. The maximum atomic E-state index is 13.1. The molecule has 0 saturated heterocycles. The molecule has 0 heterocycles. The van der Waals surface area contributed by atoms with Gasteiger partial charge in [0.2, 0.25) is 17.7 Å². The molecule has 1 aromatic carbocycles. The van der Waals surface area contributed by atoms with Gasteiger partial charge in [-0.25, -0.2) is 4.79 Å². The number of carboxylic acids is 1. The predicted octanol–water partition coefficient (Wildman–Crippen LogP) is -1.90. The van der Waals surface area contributed by atoms with Crippen LogP contribution in [0.15, 0.2) is 35.3 Å². The number of thiol groups is 1. The Hall–Kier alpha value is -3.32. The van der Waals surface area contributed by atoms with Crippen LogP contribution in [0.3, 0.4) is 0 Å². The van der Waals surface area contributed by atoms with E-state index >= 15 is 0 Å². The number of carbonyl (C=O) groups is 4. The highest BCUT2D eigenvalue weighted by molar-refractivity contribution is 7.80. The number of nitrogens with zero attached hydrogens (tertiary/aromatic N) is 1. The van der Waals surface area contributed by atoms with Crippen LogP contribution in [0.4, 0.5) is 0 Å². The Labute approximate surface area is 203 Å². The molecule has 188 valence electrons. The van der Waals surface area contributed by atoms with Gasteiger partial charge in [-0.3, -0.25) is 19.4 Å². The first-order valence-corrected chi connectivity index (χ1v) is 11.3. The van der Waals surface area contributed by atoms with Crippen molar-refractivity contribution in [1.29, 1.82) is 0 Å². The molecule has 10 N–H and O–H groups in total. The fourth-order valence-corrected chi connectivity index (χ4v) is 3.11. The number of rotatable bonds is 14. The summed E-state index contributed by atoms with van der Waals surface area (Å²) >= 11 is 3.95. The largest absolute Gasteiger partial charge is 0.480 e. The van der Waals surface area contributed by atoms with E-state index in [2.05, 4.69) is 33.6 Å². The third-order valence-electron chi connectivity index (χ3n) is 4.70. The van der Waals surface area contributed by atoms with E-state index in [9.17, 15) is 24.3 Å². The number of aliphatic imine (C=N–C) groups is 1. The number of aliphatic carboxylic acids is 1. The van der Waals surface area contributed by atoms with Crippen LogP contribution in [0.1, 0.15) is 25.3 Å². The summed E-state index contributed by atoms with van der Waals surface area (Å²) in [6.45, 7) is 1.70. The van der Waals surface area contributed by atoms with Crippen LogP contribution in [-0.2, 0) is 25.6 Å². The van der Waals surface area contributed by atoms with Crippen LogP contribution >= 0.6 is 12.6 Å². The van der Waals surface area contributed by atoms with Crippen LogP contribution in [0.2, 0.25) is 0 Å². The predicted molar refractivity (Wildman–Crippen MR) is 131 cm³/mol. The molecule has 12 nitrogen and oxygen atoms in total. The van der Waals surface area contributed by atoms with Crippen LogP contribution in [0.5, 0.6) is 0 Å². The van der Waals surface area contributed by atoms with Crippen molar-refractivity contribution in [2.45, 2.75) is 50.4 Å². The van der Waals surface area contributed by atoms with E-state index < -0.39 is 47.9 Å². The quantitative estimate of drug-likeness (QED) is 0.0629. The molecule has 1 aromatic rings. The maximum Gasteiger partial charge on any atom is 0.327 e.